The molecule has 2 aliphatic heterocycles. The molecule has 19 heavy (non-hydrogen) atoms. The van der Waals surface area contributed by atoms with Gasteiger partial charge in [-0.25, -0.2) is 0 Å². The monoisotopic (exact) mass is 258 g/mol. The van der Waals surface area contributed by atoms with E-state index in [9.17, 15) is 9.59 Å². The molecular formula is C15H18N2O2. The summed E-state index contributed by atoms with van der Waals surface area (Å²) in [5.41, 5.74) is 2.13. The highest BCUT2D eigenvalue weighted by Gasteiger charge is 2.31. The van der Waals surface area contributed by atoms with E-state index < -0.39 is 0 Å². The highest BCUT2D eigenvalue weighted by Crippen LogP contribution is 2.24. The minimum Gasteiger partial charge on any atom is -0.324 e. The molecule has 1 aromatic carbocycles. The van der Waals surface area contributed by atoms with E-state index in [1.807, 2.05) is 18.2 Å². The van der Waals surface area contributed by atoms with Gasteiger partial charge in [-0.15, -0.1) is 0 Å². The van der Waals surface area contributed by atoms with Crippen LogP contribution < -0.4 is 5.32 Å². The molecule has 3 rings (SSSR count). The Labute approximate surface area is 112 Å². The van der Waals surface area contributed by atoms with Crippen molar-refractivity contribution in [2.24, 2.45) is 0 Å². The van der Waals surface area contributed by atoms with E-state index in [2.05, 4.69) is 16.3 Å². The standard InChI is InChI=1S/C15H18N2O2/c18-12-7-9-17(10-8-12)14-6-5-11-3-1-2-4-13(11)16-15(14)19/h1-4,14H,5-10H2,(H,16,19). The fraction of sp³-hybridized carbons (Fsp3) is 0.467. The number of likely N-dealkylation sites (tertiary alicyclic amines) is 1. The SMILES string of the molecule is O=C1CCN(C2CCc3ccccc3NC2=O)CC1. The Kier molecular flexibility index (Phi) is 3.34. The Hall–Kier alpha value is -1.68. The number of Topliss-reactive ketones (excluding diaryl/α,β-unsaturated/α-hetero) is 1. The zero-order valence-corrected chi connectivity index (χ0v) is 10.9. The van der Waals surface area contributed by atoms with Gasteiger partial charge in [-0.3, -0.25) is 14.5 Å². The van der Waals surface area contributed by atoms with Gasteiger partial charge in [0.25, 0.3) is 0 Å². The number of aryl methyl sites for hydroxylation is 1. The lowest BCUT2D eigenvalue weighted by molar-refractivity contribution is -0.127. The quantitative estimate of drug-likeness (QED) is 0.832. The molecule has 0 aliphatic carbocycles. The summed E-state index contributed by atoms with van der Waals surface area (Å²) >= 11 is 0. The normalized spacial score (nSPS) is 24.5. The second-order valence-electron chi connectivity index (χ2n) is 5.28. The Bertz CT molecular complexity index is 503. The van der Waals surface area contributed by atoms with Crippen LogP contribution in [0.1, 0.15) is 24.8 Å². The average molecular weight is 258 g/mol. The molecule has 1 fully saturated rings. The first-order valence-electron chi connectivity index (χ1n) is 6.88. The second kappa shape index (κ2) is 5.13. The van der Waals surface area contributed by atoms with Crippen molar-refractivity contribution >= 4 is 17.4 Å². The lowest BCUT2D eigenvalue weighted by atomic mass is 10.0. The van der Waals surface area contributed by atoms with Crippen LogP contribution >= 0.6 is 0 Å². The number of nitrogens with zero attached hydrogens (tertiary/aromatic N) is 1. The fourth-order valence-corrected chi connectivity index (χ4v) is 2.93. The Morgan fingerprint density at radius 2 is 1.79 bits per heavy atom. The summed E-state index contributed by atoms with van der Waals surface area (Å²) in [5, 5.41) is 3.02. The molecule has 4 nitrogen and oxygen atoms in total. The third-order valence-corrected chi connectivity index (χ3v) is 4.06. The largest absolute Gasteiger partial charge is 0.324 e. The number of piperidine rings is 1. The van der Waals surface area contributed by atoms with Gasteiger partial charge < -0.3 is 5.32 Å². The first-order valence-corrected chi connectivity index (χ1v) is 6.88. The molecule has 2 heterocycles. The predicted octanol–water partition coefficient (Wildman–Crippen LogP) is 1.60. The van der Waals surface area contributed by atoms with E-state index in [0.29, 0.717) is 31.7 Å². The van der Waals surface area contributed by atoms with Gasteiger partial charge in [-0.2, -0.15) is 0 Å². The maximum absolute atomic E-state index is 12.3. The number of anilines is 1. The Morgan fingerprint density at radius 1 is 1.05 bits per heavy atom. The maximum Gasteiger partial charge on any atom is 0.241 e. The number of hydrogen-bond donors (Lipinski definition) is 1. The third kappa shape index (κ3) is 2.54. The number of carbonyl (C=O) groups is 2. The van der Waals surface area contributed by atoms with Crippen LogP contribution in [0.2, 0.25) is 0 Å². The van der Waals surface area contributed by atoms with Gasteiger partial charge in [0.15, 0.2) is 0 Å². The van der Waals surface area contributed by atoms with Crippen molar-refractivity contribution in [2.75, 3.05) is 18.4 Å². The van der Waals surface area contributed by atoms with Crippen LogP contribution in [0.4, 0.5) is 5.69 Å². The lowest BCUT2D eigenvalue weighted by Crippen LogP contribution is -2.47. The van der Waals surface area contributed by atoms with E-state index in [0.717, 1.165) is 18.5 Å². The molecule has 0 saturated carbocycles. The molecule has 2 aliphatic rings. The van der Waals surface area contributed by atoms with Gasteiger partial charge in [-0.05, 0) is 24.5 Å². The molecule has 1 unspecified atom stereocenters. The van der Waals surface area contributed by atoms with Gasteiger partial charge in [0.2, 0.25) is 5.91 Å². The van der Waals surface area contributed by atoms with Crippen LogP contribution in [-0.4, -0.2) is 35.7 Å². The van der Waals surface area contributed by atoms with E-state index in [4.69, 9.17) is 0 Å². The number of amides is 1. The minimum atomic E-state index is -0.0968. The molecule has 1 atom stereocenters. The molecule has 0 radical (unpaired) electrons. The van der Waals surface area contributed by atoms with Gasteiger partial charge >= 0.3 is 0 Å². The predicted molar refractivity (Wildman–Crippen MR) is 73.0 cm³/mol. The summed E-state index contributed by atoms with van der Waals surface area (Å²) in [6.45, 7) is 1.43. The van der Waals surface area contributed by atoms with Crippen LogP contribution in [0.5, 0.6) is 0 Å². The smallest absolute Gasteiger partial charge is 0.241 e. The molecule has 0 bridgehead atoms. The molecule has 1 amide bonds. The molecule has 100 valence electrons. The number of carbonyl (C=O) groups excluding carboxylic acids is 2. The summed E-state index contributed by atoms with van der Waals surface area (Å²) in [4.78, 5) is 25.8. The molecular weight excluding hydrogens is 240 g/mol. The summed E-state index contributed by atoms with van der Waals surface area (Å²) in [5.74, 6) is 0.382. The number of fused-ring (bicyclic) bond motifs is 1. The first kappa shape index (κ1) is 12.4. The number of para-hydroxylation sites is 1. The zero-order valence-electron chi connectivity index (χ0n) is 10.9. The van der Waals surface area contributed by atoms with E-state index >= 15 is 0 Å². The first-order chi connectivity index (χ1) is 9.24. The van der Waals surface area contributed by atoms with Crippen molar-refractivity contribution in [3.8, 4) is 0 Å². The Morgan fingerprint density at radius 3 is 2.58 bits per heavy atom. The molecule has 1 saturated heterocycles. The number of ketones is 1. The number of benzene rings is 1. The van der Waals surface area contributed by atoms with Gasteiger partial charge in [-0.1, -0.05) is 18.2 Å². The summed E-state index contributed by atoms with van der Waals surface area (Å²) in [7, 11) is 0. The topological polar surface area (TPSA) is 49.4 Å². The van der Waals surface area contributed by atoms with Crippen molar-refractivity contribution in [1.82, 2.24) is 4.90 Å². The third-order valence-electron chi connectivity index (χ3n) is 4.06. The fourth-order valence-electron chi connectivity index (χ4n) is 2.93. The lowest BCUT2D eigenvalue weighted by Gasteiger charge is -2.32. The summed E-state index contributed by atoms with van der Waals surface area (Å²) < 4.78 is 0. The zero-order chi connectivity index (χ0) is 13.2. The Balaban J connectivity index is 1.75. The molecule has 1 aromatic rings. The molecule has 0 spiro atoms. The highest BCUT2D eigenvalue weighted by molar-refractivity contribution is 5.96. The number of nitrogens with one attached hydrogen (secondary N) is 1. The highest BCUT2D eigenvalue weighted by atomic mass is 16.2. The van der Waals surface area contributed by atoms with Crippen LogP contribution in [0.15, 0.2) is 24.3 Å². The van der Waals surface area contributed by atoms with Crippen molar-refractivity contribution in [3.63, 3.8) is 0 Å². The van der Waals surface area contributed by atoms with Crippen molar-refractivity contribution < 1.29 is 9.59 Å². The van der Waals surface area contributed by atoms with Gasteiger partial charge in [0, 0.05) is 31.6 Å². The van der Waals surface area contributed by atoms with E-state index in [1.165, 1.54) is 5.56 Å². The summed E-state index contributed by atoms with van der Waals surface area (Å²) in [6, 6.07) is 7.87. The second-order valence-corrected chi connectivity index (χ2v) is 5.28. The van der Waals surface area contributed by atoms with Crippen LogP contribution in [0, 0.1) is 0 Å². The van der Waals surface area contributed by atoms with Gasteiger partial charge in [0.05, 0.1) is 6.04 Å². The molecule has 4 heteroatoms. The van der Waals surface area contributed by atoms with Crippen LogP contribution in [0.3, 0.4) is 0 Å². The summed E-state index contributed by atoms with van der Waals surface area (Å²) in [6.07, 6.45) is 2.90. The van der Waals surface area contributed by atoms with E-state index in [-0.39, 0.29) is 11.9 Å². The van der Waals surface area contributed by atoms with Crippen molar-refractivity contribution in [3.05, 3.63) is 29.8 Å². The van der Waals surface area contributed by atoms with Gasteiger partial charge in [0.1, 0.15) is 5.78 Å². The van der Waals surface area contributed by atoms with Crippen LogP contribution in [-0.2, 0) is 16.0 Å². The van der Waals surface area contributed by atoms with Crippen LogP contribution in [0.25, 0.3) is 0 Å². The maximum atomic E-state index is 12.3. The minimum absolute atomic E-state index is 0.0688. The van der Waals surface area contributed by atoms with Crippen molar-refractivity contribution in [1.29, 1.82) is 0 Å². The average Bonchev–Trinajstić information content (AvgIpc) is 2.58. The molecule has 1 N–H and O–H groups in total. The number of rotatable bonds is 1. The van der Waals surface area contributed by atoms with E-state index in [1.54, 1.807) is 0 Å². The molecule has 0 aromatic heterocycles. The van der Waals surface area contributed by atoms with Crippen molar-refractivity contribution in [2.45, 2.75) is 31.7 Å². The number of hydrogen-bond acceptors (Lipinski definition) is 3.